The molecular weight excluding hydrogens is 380 g/mol. The van der Waals surface area contributed by atoms with E-state index in [1.54, 1.807) is 14.2 Å². The van der Waals surface area contributed by atoms with Crippen molar-refractivity contribution in [3.05, 3.63) is 53.1 Å². The fraction of sp³-hybridized carbons (Fsp3) is 0.381. The molecule has 1 saturated carbocycles. The number of methoxy groups -OCH3 is 2. The van der Waals surface area contributed by atoms with Gasteiger partial charge in [0.15, 0.2) is 16.6 Å². The minimum absolute atomic E-state index is 0.424. The van der Waals surface area contributed by atoms with Crippen LogP contribution in [0.2, 0.25) is 5.02 Å². The number of benzene rings is 2. The van der Waals surface area contributed by atoms with Gasteiger partial charge >= 0.3 is 0 Å². The van der Waals surface area contributed by atoms with Gasteiger partial charge in [-0.3, -0.25) is 0 Å². The van der Waals surface area contributed by atoms with E-state index in [1.165, 1.54) is 12.8 Å². The van der Waals surface area contributed by atoms with E-state index in [1.807, 2.05) is 36.4 Å². The summed E-state index contributed by atoms with van der Waals surface area (Å²) in [6.07, 6.45) is 4.77. The second-order valence-electron chi connectivity index (χ2n) is 6.66. The minimum Gasteiger partial charge on any atom is -0.493 e. The van der Waals surface area contributed by atoms with E-state index < -0.39 is 0 Å². The average molecular weight is 405 g/mol. The van der Waals surface area contributed by atoms with Gasteiger partial charge in [0, 0.05) is 28.9 Å². The number of halogens is 1. The van der Waals surface area contributed by atoms with E-state index in [2.05, 4.69) is 16.3 Å². The van der Waals surface area contributed by atoms with Crippen LogP contribution in [0.3, 0.4) is 0 Å². The first kappa shape index (κ1) is 19.8. The number of hydrogen-bond acceptors (Lipinski definition) is 3. The first-order valence-electron chi connectivity index (χ1n) is 9.15. The lowest BCUT2D eigenvalue weighted by Crippen LogP contribution is -2.41. The van der Waals surface area contributed by atoms with Crippen molar-refractivity contribution >= 4 is 34.6 Å². The van der Waals surface area contributed by atoms with E-state index in [-0.39, 0.29) is 0 Å². The molecule has 0 bridgehead atoms. The van der Waals surface area contributed by atoms with Gasteiger partial charge in [0.2, 0.25) is 0 Å². The number of para-hydroxylation sites is 1. The maximum Gasteiger partial charge on any atom is 0.173 e. The average Bonchev–Trinajstić information content (AvgIpc) is 3.21. The molecule has 0 aliphatic heterocycles. The number of nitrogens with zero attached hydrogens (tertiary/aromatic N) is 1. The van der Waals surface area contributed by atoms with Gasteiger partial charge in [-0.1, -0.05) is 36.6 Å². The summed E-state index contributed by atoms with van der Waals surface area (Å²) in [6.45, 7) is 0.671. The van der Waals surface area contributed by atoms with Crippen LogP contribution in [0, 0.1) is 0 Å². The number of anilines is 1. The molecule has 0 saturated heterocycles. The van der Waals surface area contributed by atoms with Crippen LogP contribution < -0.4 is 14.8 Å². The molecule has 3 rings (SSSR count). The van der Waals surface area contributed by atoms with Gasteiger partial charge in [-0.25, -0.2) is 0 Å². The number of thiocarbonyl (C=S) groups is 1. The van der Waals surface area contributed by atoms with Crippen molar-refractivity contribution < 1.29 is 9.47 Å². The van der Waals surface area contributed by atoms with Crippen LogP contribution in [0.1, 0.15) is 31.2 Å². The highest BCUT2D eigenvalue weighted by Crippen LogP contribution is 2.33. The third-order valence-electron chi connectivity index (χ3n) is 4.95. The summed E-state index contributed by atoms with van der Waals surface area (Å²) in [5, 5.41) is 4.78. The van der Waals surface area contributed by atoms with Crippen LogP contribution in [0.25, 0.3) is 0 Å². The Kier molecular flexibility index (Phi) is 6.80. The summed E-state index contributed by atoms with van der Waals surface area (Å²) in [5.74, 6) is 1.50. The van der Waals surface area contributed by atoms with E-state index in [9.17, 15) is 0 Å². The normalized spacial score (nSPS) is 14.0. The van der Waals surface area contributed by atoms with Gasteiger partial charge in [-0.05, 0) is 55.4 Å². The third kappa shape index (κ3) is 4.85. The molecule has 2 aromatic rings. The summed E-state index contributed by atoms with van der Waals surface area (Å²) in [4.78, 5) is 2.27. The standard InChI is InChI=1S/C21H25ClN2O2S/c1-25-19-9-5-6-15(20(19)26-2)14-24(18-7-3-4-8-18)21(27)23-17-12-10-16(22)11-13-17/h5-6,9-13,18H,3-4,7-8,14H2,1-2H3,(H,23,27). The zero-order valence-corrected chi connectivity index (χ0v) is 17.3. The molecule has 0 atom stereocenters. The third-order valence-corrected chi connectivity index (χ3v) is 5.54. The first-order chi connectivity index (χ1) is 13.1. The van der Waals surface area contributed by atoms with Crippen LogP contribution in [0.15, 0.2) is 42.5 Å². The summed E-state index contributed by atoms with van der Waals surface area (Å²) in [5.41, 5.74) is 1.99. The Morgan fingerprint density at radius 1 is 1.11 bits per heavy atom. The van der Waals surface area contributed by atoms with Crippen LogP contribution in [-0.4, -0.2) is 30.3 Å². The van der Waals surface area contributed by atoms with E-state index in [0.29, 0.717) is 22.7 Å². The molecule has 144 valence electrons. The molecule has 0 amide bonds. The van der Waals surface area contributed by atoms with Crippen molar-refractivity contribution in [1.82, 2.24) is 4.90 Å². The lowest BCUT2D eigenvalue weighted by molar-refractivity contribution is 0.300. The van der Waals surface area contributed by atoms with E-state index >= 15 is 0 Å². The van der Waals surface area contributed by atoms with Crippen molar-refractivity contribution in [3.63, 3.8) is 0 Å². The van der Waals surface area contributed by atoms with Crippen LogP contribution >= 0.6 is 23.8 Å². The minimum atomic E-state index is 0.424. The summed E-state index contributed by atoms with van der Waals surface area (Å²) >= 11 is 11.8. The van der Waals surface area contributed by atoms with Crippen molar-refractivity contribution in [1.29, 1.82) is 0 Å². The molecule has 1 N–H and O–H groups in total. The lowest BCUT2D eigenvalue weighted by atomic mass is 10.1. The molecular formula is C21H25ClN2O2S. The quantitative estimate of drug-likeness (QED) is 0.643. The number of hydrogen-bond donors (Lipinski definition) is 1. The van der Waals surface area contributed by atoms with Gasteiger partial charge in [-0.15, -0.1) is 0 Å². The Morgan fingerprint density at radius 3 is 2.44 bits per heavy atom. The first-order valence-corrected chi connectivity index (χ1v) is 9.94. The second kappa shape index (κ2) is 9.29. The monoisotopic (exact) mass is 404 g/mol. The molecule has 0 spiro atoms. The summed E-state index contributed by atoms with van der Waals surface area (Å²) in [6, 6.07) is 14.0. The summed E-state index contributed by atoms with van der Waals surface area (Å²) in [7, 11) is 3.33. The molecule has 0 radical (unpaired) electrons. The Labute approximate surface area is 171 Å². The molecule has 6 heteroatoms. The predicted octanol–water partition coefficient (Wildman–Crippen LogP) is 5.50. The molecule has 0 aromatic heterocycles. The van der Waals surface area contributed by atoms with Crippen molar-refractivity contribution in [2.75, 3.05) is 19.5 Å². The Balaban J connectivity index is 1.83. The van der Waals surface area contributed by atoms with Gasteiger partial charge in [-0.2, -0.15) is 0 Å². The highest BCUT2D eigenvalue weighted by atomic mass is 35.5. The van der Waals surface area contributed by atoms with Crippen molar-refractivity contribution in [3.8, 4) is 11.5 Å². The topological polar surface area (TPSA) is 33.7 Å². The van der Waals surface area contributed by atoms with Crippen molar-refractivity contribution in [2.45, 2.75) is 38.3 Å². The SMILES string of the molecule is COc1cccc(CN(C(=S)Nc2ccc(Cl)cc2)C2CCCC2)c1OC. The lowest BCUT2D eigenvalue weighted by Gasteiger charge is -2.32. The molecule has 1 fully saturated rings. The van der Waals surface area contributed by atoms with Gasteiger partial charge in [0.05, 0.1) is 14.2 Å². The highest BCUT2D eigenvalue weighted by molar-refractivity contribution is 7.80. The van der Waals surface area contributed by atoms with Crippen LogP contribution in [0.4, 0.5) is 5.69 Å². The largest absolute Gasteiger partial charge is 0.493 e. The van der Waals surface area contributed by atoms with Crippen molar-refractivity contribution in [2.24, 2.45) is 0 Å². The maximum absolute atomic E-state index is 5.99. The van der Waals surface area contributed by atoms with Crippen LogP contribution in [0.5, 0.6) is 11.5 Å². The van der Waals surface area contributed by atoms with Crippen LogP contribution in [-0.2, 0) is 6.54 Å². The highest BCUT2D eigenvalue weighted by Gasteiger charge is 2.26. The Hall–Kier alpha value is -1.98. The van der Waals surface area contributed by atoms with Gasteiger partial charge in [0.25, 0.3) is 0 Å². The predicted molar refractivity (Wildman–Crippen MR) is 115 cm³/mol. The number of ether oxygens (including phenoxy) is 2. The number of nitrogens with one attached hydrogen (secondary N) is 1. The fourth-order valence-corrected chi connectivity index (χ4v) is 4.03. The van der Waals surface area contributed by atoms with E-state index in [4.69, 9.17) is 33.3 Å². The second-order valence-corrected chi connectivity index (χ2v) is 7.48. The molecule has 27 heavy (non-hydrogen) atoms. The molecule has 4 nitrogen and oxygen atoms in total. The summed E-state index contributed by atoms with van der Waals surface area (Å²) < 4.78 is 11.1. The number of rotatable bonds is 6. The molecule has 0 unspecified atom stereocenters. The Bertz CT molecular complexity index is 776. The molecule has 0 heterocycles. The van der Waals surface area contributed by atoms with Gasteiger partial charge in [0.1, 0.15) is 0 Å². The smallest absolute Gasteiger partial charge is 0.173 e. The molecule has 1 aliphatic carbocycles. The maximum atomic E-state index is 5.99. The van der Waals surface area contributed by atoms with E-state index in [0.717, 1.165) is 35.6 Å². The zero-order chi connectivity index (χ0) is 19.2. The zero-order valence-electron chi connectivity index (χ0n) is 15.7. The van der Waals surface area contributed by atoms with Gasteiger partial charge < -0.3 is 19.7 Å². The Morgan fingerprint density at radius 2 is 1.81 bits per heavy atom. The molecule has 2 aromatic carbocycles. The fourth-order valence-electron chi connectivity index (χ4n) is 3.57. The molecule has 1 aliphatic rings.